The molecule has 0 saturated carbocycles. The number of nitrogens with zero attached hydrogens (tertiary/aromatic N) is 4. The highest BCUT2D eigenvalue weighted by Crippen LogP contribution is 2.25. The molecular formula is C20H30N6O2. The summed E-state index contributed by atoms with van der Waals surface area (Å²) in [5, 5.41) is 21.2. The molecule has 0 bridgehead atoms. The quantitative estimate of drug-likeness (QED) is 0.661. The van der Waals surface area contributed by atoms with Crippen molar-refractivity contribution in [1.82, 2.24) is 25.2 Å². The predicted octanol–water partition coefficient (Wildman–Crippen LogP) is 1.25. The average molecular weight is 387 g/mol. The van der Waals surface area contributed by atoms with Crippen LogP contribution < -0.4 is 11.1 Å². The number of nitrogens with one attached hydrogen (secondary N) is 1. The second-order valence-electron chi connectivity index (χ2n) is 7.51. The predicted molar refractivity (Wildman–Crippen MR) is 107 cm³/mol. The van der Waals surface area contributed by atoms with Crippen LogP contribution in [0.1, 0.15) is 43.6 Å². The van der Waals surface area contributed by atoms with E-state index in [-0.39, 0.29) is 29.7 Å². The molecule has 1 aliphatic rings. The Morgan fingerprint density at radius 3 is 2.61 bits per heavy atom. The van der Waals surface area contributed by atoms with Gasteiger partial charge in [-0.2, -0.15) is 0 Å². The Morgan fingerprint density at radius 2 is 1.96 bits per heavy atom. The average Bonchev–Trinajstić information content (AvgIpc) is 3.20. The number of nitrogens with two attached hydrogens (primary N) is 1. The minimum absolute atomic E-state index is 0.0967. The molecule has 2 aromatic rings. The lowest BCUT2D eigenvalue weighted by molar-refractivity contribution is -0.137. The first kappa shape index (κ1) is 20.3. The van der Waals surface area contributed by atoms with E-state index >= 15 is 0 Å². The van der Waals surface area contributed by atoms with E-state index < -0.39 is 0 Å². The van der Waals surface area contributed by atoms with E-state index in [0.717, 1.165) is 25.1 Å². The van der Waals surface area contributed by atoms with Crippen LogP contribution in [0.15, 0.2) is 30.5 Å². The standard InChI is InChI=1S/C20H30N6O2/c1-3-14(2)19(20(28)25-10-8-22-9-11-25)26-13-18(23-24-26)17(21)12-15-4-6-16(27)7-5-15/h4-7,13-14,17,19,22,27H,3,8-12,21H2,1-2H3/t14-,17-,19-/m0/s1. The maximum Gasteiger partial charge on any atom is 0.247 e. The zero-order valence-electron chi connectivity index (χ0n) is 16.6. The van der Waals surface area contributed by atoms with Crippen molar-refractivity contribution in [3.05, 3.63) is 41.7 Å². The lowest BCUT2D eigenvalue weighted by Crippen LogP contribution is -2.49. The summed E-state index contributed by atoms with van der Waals surface area (Å²) in [4.78, 5) is 15.1. The Kier molecular flexibility index (Phi) is 6.64. The Bertz CT molecular complexity index is 769. The third-order valence-electron chi connectivity index (χ3n) is 5.45. The van der Waals surface area contributed by atoms with Crippen LogP contribution in [0.25, 0.3) is 0 Å². The number of carbonyl (C=O) groups excluding carboxylic acids is 1. The van der Waals surface area contributed by atoms with E-state index in [1.165, 1.54) is 0 Å². The van der Waals surface area contributed by atoms with Gasteiger partial charge in [-0.15, -0.1) is 5.10 Å². The number of carbonyl (C=O) groups is 1. The second kappa shape index (κ2) is 9.16. The van der Waals surface area contributed by atoms with Gasteiger partial charge < -0.3 is 21.1 Å². The van der Waals surface area contributed by atoms with Crippen LogP contribution >= 0.6 is 0 Å². The molecular weight excluding hydrogens is 356 g/mol. The molecule has 0 spiro atoms. The first-order chi connectivity index (χ1) is 13.5. The van der Waals surface area contributed by atoms with Gasteiger partial charge in [0.25, 0.3) is 0 Å². The Morgan fingerprint density at radius 1 is 1.29 bits per heavy atom. The summed E-state index contributed by atoms with van der Waals surface area (Å²) in [6.07, 6.45) is 3.26. The molecule has 0 unspecified atom stereocenters. The summed E-state index contributed by atoms with van der Waals surface area (Å²) < 4.78 is 1.69. The number of amides is 1. The fraction of sp³-hybridized carbons (Fsp3) is 0.550. The largest absolute Gasteiger partial charge is 0.508 e. The summed E-state index contributed by atoms with van der Waals surface area (Å²) in [6.45, 7) is 7.22. The van der Waals surface area contributed by atoms with Crippen LogP contribution in [0.3, 0.4) is 0 Å². The summed E-state index contributed by atoms with van der Waals surface area (Å²) in [6, 6.07) is 6.27. The third kappa shape index (κ3) is 4.69. The number of aromatic hydroxyl groups is 1. The molecule has 3 rings (SSSR count). The van der Waals surface area contributed by atoms with Gasteiger partial charge in [0, 0.05) is 26.2 Å². The number of phenolic OH excluding ortho intramolecular Hbond substituents is 1. The van der Waals surface area contributed by atoms with Crippen molar-refractivity contribution in [2.45, 2.75) is 38.8 Å². The molecule has 0 aliphatic carbocycles. The van der Waals surface area contributed by atoms with E-state index in [4.69, 9.17) is 5.73 Å². The topological polar surface area (TPSA) is 109 Å². The SMILES string of the molecule is CC[C@H](C)[C@@H](C(=O)N1CCNCC1)n1cc([C@@H](N)Cc2ccc(O)cc2)nn1. The number of hydrogen-bond acceptors (Lipinski definition) is 6. The number of aromatic nitrogens is 3. The molecule has 1 fully saturated rings. The van der Waals surface area contributed by atoms with E-state index in [9.17, 15) is 9.90 Å². The molecule has 8 nitrogen and oxygen atoms in total. The number of rotatable bonds is 7. The smallest absolute Gasteiger partial charge is 0.247 e. The molecule has 2 heterocycles. The van der Waals surface area contributed by atoms with Gasteiger partial charge in [0.05, 0.1) is 17.9 Å². The van der Waals surface area contributed by atoms with Gasteiger partial charge in [-0.3, -0.25) is 4.79 Å². The van der Waals surface area contributed by atoms with Crippen LogP contribution in [0.5, 0.6) is 5.75 Å². The van der Waals surface area contributed by atoms with Crippen molar-refractivity contribution >= 4 is 5.91 Å². The fourth-order valence-corrected chi connectivity index (χ4v) is 3.50. The number of benzene rings is 1. The van der Waals surface area contributed by atoms with Gasteiger partial charge in [0.1, 0.15) is 11.8 Å². The van der Waals surface area contributed by atoms with Crippen LogP contribution in [-0.2, 0) is 11.2 Å². The van der Waals surface area contributed by atoms with E-state index in [2.05, 4.69) is 29.5 Å². The summed E-state index contributed by atoms with van der Waals surface area (Å²) in [7, 11) is 0. The van der Waals surface area contributed by atoms with Crippen LogP contribution in [-0.4, -0.2) is 57.1 Å². The zero-order valence-corrected chi connectivity index (χ0v) is 16.6. The minimum atomic E-state index is -0.370. The Balaban J connectivity index is 1.75. The molecule has 1 amide bonds. The molecule has 28 heavy (non-hydrogen) atoms. The van der Waals surface area contributed by atoms with Crippen molar-refractivity contribution in [1.29, 1.82) is 0 Å². The lowest BCUT2D eigenvalue weighted by atomic mass is 9.97. The van der Waals surface area contributed by atoms with Crippen LogP contribution in [0.2, 0.25) is 0 Å². The zero-order chi connectivity index (χ0) is 20.1. The van der Waals surface area contributed by atoms with Gasteiger partial charge in [-0.1, -0.05) is 37.6 Å². The highest BCUT2D eigenvalue weighted by Gasteiger charge is 2.32. The first-order valence-corrected chi connectivity index (χ1v) is 9.94. The highest BCUT2D eigenvalue weighted by atomic mass is 16.3. The summed E-state index contributed by atoms with van der Waals surface area (Å²) in [5.74, 6) is 0.468. The lowest BCUT2D eigenvalue weighted by Gasteiger charge is -2.32. The maximum atomic E-state index is 13.2. The minimum Gasteiger partial charge on any atom is -0.508 e. The van der Waals surface area contributed by atoms with Gasteiger partial charge in [0.2, 0.25) is 5.91 Å². The van der Waals surface area contributed by atoms with Gasteiger partial charge in [-0.25, -0.2) is 4.68 Å². The Hall–Kier alpha value is -2.45. The Labute approximate surface area is 165 Å². The van der Waals surface area contributed by atoms with E-state index in [1.807, 2.05) is 23.2 Å². The normalized spacial score (nSPS) is 17.9. The van der Waals surface area contributed by atoms with Gasteiger partial charge in [0.15, 0.2) is 0 Å². The van der Waals surface area contributed by atoms with E-state index in [1.54, 1.807) is 16.8 Å². The van der Waals surface area contributed by atoms with Crippen LogP contribution in [0, 0.1) is 5.92 Å². The van der Waals surface area contributed by atoms with Crippen molar-refractivity contribution in [3.63, 3.8) is 0 Å². The molecule has 1 aromatic carbocycles. The van der Waals surface area contributed by atoms with Crippen molar-refractivity contribution in [2.24, 2.45) is 11.7 Å². The van der Waals surface area contributed by atoms with Crippen molar-refractivity contribution < 1.29 is 9.90 Å². The third-order valence-corrected chi connectivity index (χ3v) is 5.45. The molecule has 1 saturated heterocycles. The fourth-order valence-electron chi connectivity index (χ4n) is 3.50. The van der Waals surface area contributed by atoms with E-state index in [0.29, 0.717) is 25.2 Å². The molecule has 3 atom stereocenters. The monoisotopic (exact) mass is 386 g/mol. The number of phenols is 1. The first-order valence-electron chi connectivity index (χ1n) is 9.94. The van der Waals surface area contributed by atoms with Crippen molar-refractivity contribution in [3.8, 4) is 5.75 Å². The molecule has 152 valence electrons. The molecule has 8 heteroatoms. The van der Waals surface area contributed by atoms with Crippen LogP contribution in [0.4, 0.5) is 0 Å². The number of hydrogen-bond donors (Lipinski definition) is 3. The van der Waals surface area contributed by atoms with Gasteiger partial charge in [-0.05, 0) is 30.0 Å². The van der Waals surface area contributed by atoms with Crippen molar-refractivity contribution in [2.75, 3.05) is 26.2 Å². The summed E-state index contributed by atoms with van der Waals surface area (Å²) >= 11 is 0. The number of piperazine rings is 1. The molecule has 1 aromatic heterocycles. The van der Waals surface area contributed by atoms with Gasteiger partial charge >= 0.3 is 0 Å². The molecule has 0 radical (unpaired) electrons. The maximum absolute atomic E-state index is 13.2. The highest BCUT2D eigenvalue weighted by molar-refractivity contribution is 5.80. The molecule has 4 N–H and O–H groups in total. The summed E-state index contributed by atoms with van der Waals surface area (Å²) in [5.41, 5.74) is 8.00. The second-order valence-corrected chi connectivity index (χ2v) is 7.51. The molecule has 1 aliphatic heterocycles.